The molecule has 4 amide bonds. The zero-order valence-electron chi connectivity index (χ0n) is 35.6. The number of nitrogens with one attached hydrogen (secondary N) is 2. The second-order valence-corrected chi connectivity index (χ2v) is 17.9. The molecule has 4 aliphatic rings. The van der Waals surface area contributed by atoms with Gasteiger partial charge in [0.25, 0.3) is 23.3 Å². The molecule has 4 aliphatic heterocycles. The molecule has 6 heterocycles. The first-order valence-electron chi connectivity index (χ1n) is 20.8. The molecule has 2 atom stereocenters. The number of hydrogen-bond acceptors (Lipinski definition) is 12. The third-order valence-corrected chi connectivity index (χ3v) is 13.6. The number of carbonyl (C=O) groups excluding carboxylic acids is 4. The van der Waals surface area contributed by atoms with Gasteiger partial charge in [-0.15, -0.1) is 11.3 Å². The number of thiophene rings is 1. The number of benzene rings is 2. The van der Waals surface area contributed by atoms with Gasteiger partial charge in [0.2, 0.25) is 11.8 Å². The lowest BCUT2D eigenvalue weighted by Crippen LogP contribution is -2.59. The largest absolute Gasteiger partial charge is 0.496 e. The number of likely N-dealkylation sites (tertiary alicyclic amines) is 1. The average molecular weight is 875 g/mol. The van der Waals surface area contributed by atoms with Gasteiger partial charge in [-0.3, -0.25) is 39.1 Å². The predicted octanol–water partition coefficient (Wildman–Crippen LogP) is 3.37. The van der Waals surface area contributed by atoms with Crippen molar-refractivity contribution in [3.05, 3.63) is 74.5 Å². The molecule has 0 spiro atoms. The third kappa shape index (κ3) is 8.52. The second-order valence-electron chi connectivity index (χ2n) is 16.8. The molecule has 15 nitrogen and oxygen atoms in total. The van der Waals surface area contributed by atoms with Crippen molar-refractivity contribution in [2.24, 2.45) is 7.05 Å². The van der Waals surface area contributed by atoms with Gasteiger partial charge in [-0.05, 0) is 68.4 Å². The summed E-state index contributed by atoms with van der Waals surface area (Å²) in [6.07, 6.45) is 2.28. The number of piperidine rings is 2. The number of rotatable bonds is 12. The molecule has 0 saturated carbocycles. The van der Waals surface area contributed by atoms with Gasteiger partial charge in [0.1, 0.15) is 17.5 Å². The van der Waals surface area contributed by atoms with Crippen molar-refractivity contribution in [1.29, 1.82) is 0 Å². The molecule has 2 aromatic carbocycles. The topological polar surface area (TPSA) is 149 Å². The maximum absolute atomic E-state index is 15.7. The normalized spacial score (nSPS) is 20.8. The van der Waals surface area contributed by atoms with Crippen molar-refractivity contribution < 1.29 is 37.4 Å². The molecule has 0 radical (unpaired) electrons. The van der Waals surface area contributed by atoms with Crippen molar-refractivity contribution in [2.75, 3.05) is 85.6 Å². The molecular formula is C44H52F2N8O7S. The van der Waals surface area contributed by atoms with E-state index in [1.54, 1.807) is 37.3 Å². The monoisotopic (exact) mass is 874 g/mol. The van der Waals surface area contributed by atoms with Gasteiger partial charge in [0.15, 0.2) is 0 Å². The molecule has 0 bridgehead atoms. The molecule has 3 saturated heterocycles. The molecule has 330 valence electrons. The van der Waals surface area contributed by atoms with Gasteiger partial charge in [-0.1, -0.05) is 6.07 Å². The van der Waals surface area contributed by atoms with E-state index in [-0.39, 0.29) is 35.1 Å². The average Bonchev–Trinajstić information content (AvgIpc) is 3.84. The number of ether oxygens (including phenoxy) is 2. The van der Waals surface area contributed by atoms with E-state index in [1.807, 2.05) is 49.3 Å². The number of aromatic nitrogens is 1. The predicted molar refractivity (Wildman–Crippen MR) is 231 cm³/mol. The molecule has 2 aromatic heterocycles. The Kier molecular flexibility index (Phi) is 12.1. The van der Waals surface area contributed by atoms with Crippen LogP contribution in [0.3, 0.4) is 0 Å². The Morgan fingerprint density at radius 2 is 1.65 bits per heavy atom. The summed E-state index contributed by atoms with van der Waals surface area (Å²) in [4.78, 5) is 74.2. The summed E-state index contributed by atoms with van der Waals surface area (Å²) >= 11 is 1.10. The van der Waals surface area contributed by atoms with Crippen LogP contribution in [0.15, 0.2) is 47.4 Å². The lowest BCUT2D eigenvalue weighted by molar-refractivity contribution is -0.136. The van der Waals surface area contributed by atoms with Crippen molar-refractivity contribution >= 4 is 50.7 Å². The molecule has 3 fully saturated rings. The lowest BCUT2D eigenvalue weighted by Gasteiger charge is -2.40. The Morgan fingerprint density at radius 3 is 2.31 bits per heavy atom. The molecule has 18 heteroatoms. The molecule has 4 aromatic rings. The summed E-state index contributed by atoms with van der Waals surface area (Å²) in [7, 11) is 8.68. The van der Waals surface area contributed by atoms with E-state index in [0.717, 1.165) is 46.8 Å². The number of carbonyl (C=O) groups is 4. The molecule has 8 rings (SSSR count). The summed E-state index contributed by atoms with van der Waals surface area (Å²) in [6.45, 7) is 4.71. The summed E-state index contributed by atoms with van der Waals surface area (Å²) in [5.41, 5.74) is 4.29. The van der Waals surface area contributed by atoms with E-state index in [1.165, 1.54) is 10.6 Å². The number of alkyl halides is 2. The van der Waals surface area contributed by atoms with Gasteiger partial charge in [0.05, 0.1) is 42.6 Å². The molecule has 2 N–H and O–H groups in total. The van der Waals surface area contributed by atoms with E-state index in [4.69, 9.17) is 9.47 Å². The second kappa shape index (κ2) is 17.4. The highest BCUT2D eigenvalue weighted by Crippen LogP contribution is 2.40. The summed E-state index contributed by atoms with van der Waals surface area (Å²) in [5.74, 6) is -3.58. The quantitative estimate of drug-likeness (QED) is 0.202. The minimum Gasteiger partial charge on any atom is -0.496 e. The first kappa shape index (κ1) is 43.2. The number of piperazine rings is 1. The van der Waals surface area contributed by atoms with Crippen LogP contribution in [0.2, 0.25) is 0 Å². The zero-order valence-corrected chi connectivity index (χ0v) is 36.4. The number of pyridine rings is 1. The van der Waals surface area contributed by atoms with Crippen LogP contribution < -0.4 is 30.6 Å². The van der Waals surface area contributed by atoms with Gasteiger partial charge in [-0.25, -0.2) is 8.78 Å². The van der Waals surface area contributed by atoms with Crippen LogP contribution in [0.25, 0.3) is 21.2 Å². The Labute approximate surface area is 362 Å². The maximum Gasteiger partial charge on any atom is 0.280 e. The number of aryl methyl sites for hydroxylation is 1. The zero-order chi connectivity index (χ0) is 44.0. The van der Waals surface area contributed by atoms with Gasteiger partial charge in [0, 0.05) is 100 Å². The number of anilines is 1. The van der Waals surface area contributed by atoms with E-state index >= 15 is 8.78 Å². The molecule has 62 heavy (non-hydrogen) atoms. The van der Waals surface area contributed by atoms with Crippen molar-refractivity contribution in [1.82, 2.24) is 34.8 Å². The standard InChI is InChI=1S/C44H52F2N8O7S/c1-49(2)23-32-34(60-4)18-27(19-35(32)61-5)31-24-50(3)42(58)30-21-36(62-39(30)31)41(57)47-37-10-11-52(25-44(37,45)46)13-12-51-14-16-53(17-15-51)28-7-6-26-22-54(43(59)29(26)20-28)33-8-9-38(55)48-40(33)56/h6-7,18-21,24,33,37H,8-17,22-23,25H2,1-5H3,(H,47,57)(H,48,55,56)/t33?,37-/m1/s1. The molecule has 0 aliphatic carbocycles. The molecular weight excluding hydrogens is 823 g/mol. The Bertz CT molecular complexity index is 2460. The summed E-state index contributed by atoms with van der Waals surface area (Å²) in [6, 6.07) is 9.00. The minimum atomic E-state index is -3.18. The van der Waals surface area contributed by atoms with E-state index in [2.05, 4.69) is 20.4 Å². The Morgan fingerprint density at radius 1 is 0.935 bits per heavy atom. The van der Waals surface area contributed by atoms with Crippen LogP contribution >= 0.6 is 11.3 Å². The number of fused-ring (bicyclic) bond motifs is 2. The smallest absolute Gasteiger partial charge is 0.280 e. The maximum atomic E-state index is 15.7. The fraction of sp³-hybridized carbons (Fsp3) is 0.477. The fourth-order valence-electron chi connectivity index (χ4n) is 9.04. The highest BCUT2D eigenvalue weighted by Gasteiger charge is 2.46. The lowest BCUT2D eigenvalue weighted by atomic mass is 10.0. The highest BCUT2D eigenvalue weighted by atomic mass is 32.1. The number of amides is 4. The number of nitrogens with zero attached hydrogens (tertiary/aromatic N) is 6. The van der Waals surface area contributed by atoms with E-state index < -0.39 is 36.4 Å². The Hall–Kier alpha value is -5.43. The molecule has 1 unspecified atom stereocenters. The van der Waals surface area contributed by atoms with Crippen LogP contribution in [-0.2, 0) is 29.7 Å². The van der Waals surface area contributed by atoms with Gasteiger partial charge >= 0.3 is 0 Å². The SMILES string of the molecule is COc1cc(-c2cn(C)c(=O)c3cc(C(=O)N[C@@H]4CCN(CCN5CCN(c6ccc7c(c6)C(=O)N(C6CCC(=O)NC6=O)C7)CC5)CC4(F)F)sc23)cc(OC)c1CN(C)C. The van der Waals surface area contributed by atoms with E-state index in [9.17, 15) is 24.0 Å². The summed E-state index contributed by atoms with van der Waals surface area (Å²) in [5, 5.41) is 5.26. The number of methoxy groups -OCH3 is 2. The summed E-state index contributed by atoms with van der Waals surface area (Å²) < 4.78 is 44.9. The first-order chi connectivity index (χ1) is 29.6. The van der Waals surface area contributed by atoms with Crippen molar-refractivity contribution in [2.45, 2.75) is 50.4 Å². The van der Waals surface area contributed by atoms with Crippen molar-refractivity contribution in [3.8, 4) is 22.6 Å². The third-order valence-electron chi connectivity index (χ3n) is 12.4. The van der Waals surface area contributed by atoms with Crippen LogP contribution in [0.1, 0.15) is 50.4 Å². The van der Waals surface area contributed by atoms with Crippen molar-refractivity contribution in [3.63, 3.8) is 0 Å². The highest BCUT2D eigenvalue weighted by molar-refractivity contribution is 7.21. The minimum absolute atomic E-state index is 0.0708. The fourth-order valence-corrected chi connectivity index (χ4v) is 10.1. The van der Waals surface area contributed by atoms with E-state index in [0.29, 0.717) is 84.9 Å². The van der Waals surface area contributed by atoms with Crippen LogP contribution in [-0.4, -0.2) is 146 Å². The van der Waals surface area contributed by atoms with Crippen LogP contribution in [0.5, 0.6) is 11.5 Å². The van der Waals surface area contributed by atoms with Gasteiger partial charge in [-0.2, -0.15) is 0 Å². The van der Waals surface area contributed by atoms with Gasteiger partial charge < -0.3 is 34.1 Å². The number of imide groups is 1. The Balaban J connectivity index is 0.859. The first-order valence-corrected chi connectivity index (χ1v) is 21.6. The number of hydrogen-bond donors (Lipinski definition) is 2. The van der Waals surface area contributed by atoms with Crippen LogP contribution in [0.4, 0.5) is 14.5 Å². The van der Waals surface area contributed by atoms with Crippen LogP contribution in [0, 0.1) is 0 Å². The number of halogens is 2.